The summed E-state index contributed by atoms with van der Waals surface area (Å²) in [5.74, 6) is 0. The Hall–Kier alpha value is 0.452. The summed E-state index contributed by atoms with van der Waals surface area (Å²) in [6.07, 6.45) is 0. The van der Waals surface area contributed by atoms with Gasteiger partial charge in [-0.05, 0) is 0 Å². The van der Waals surface area contributed by atoms with Crippen LogP contribution in [0.3, 0.4) is 0 Å². The van der Waals surface area contributed by atoms with Crippen LogP contribution < -0.4 is 0 Å². The number of rotatable bonds is 2. The quantitative estimate of drug-likeness (QED) is 0.420. The Kier molecular flexibility index (Phi) is 4.86. The van der Waals surface area contributed by atoms with Crippen LogP contribution in [0.2, 0.25) is 0 Å². The lowest BCUT2D eigenvalue weighted by atomic mass is 10.8. The zero-order valence-corrected chi connectivity index (χ0v) is 5.27. The first kappa shape index (κ1) is 5.45. The molecule has 30 valence electrons. The molecule has 0 unspecified atom stereocenters. The molecule has 0 rings (SSSR count). The molecule has 0 bridgehead atoms. The van der Waals surface area contributed by atoms with Crippen molar-refractivity contribution in [2.24, 2.45) is 0 Å². The van der Waals surface area contributed by atoms with E-state index in [0.717, 1.165) is 16.6 Å². The highest BCUT2D eigenvalue weighted by Gasteiger charge is 1.67. The highest BCUT2D eigenvalue weighted by atomic mass is 27.1. The first-order valence-corrected chi connectivity index (χ1v) is 2.33. The lowest BCUT2D eigenvalue weighted by Crippen LogP contribution is -1.93. The van der Waals surface area contributed by atoms with Gasteiger partial charge in [0.1, 0.15) is 0 Å². The minimum atomic E-state index is 0.156. The molecule has 3 heteroatoms. The molecule has 0 amide bonds. The predicted molar refractivity (Wildman–Crippen MR) is 21.6 cm³/mol. The van der Waals surface area contributed by atoms with E-state index in [9.17, 15) is 0 Å². The normalized spacial score (nSPS) is 8.20. The second-order valence-corrected chi connectivity index (χ2v) is 1.29. The fraction of sp³-hybridized carbons (Fsp3) is 1.00. The molecule has 1 N–H and O–H groups in total. The Labute approximate surface area is 39.5 Å². The summed E-state index contributed by atoms with van der Waals surface area (Å²) in [5.41, 5.74) is 0. The van der Waals surface area contributed by atoms with Crippen LogP contribution in [0.1, 0.15) is 0 Å². The SMILES string of the molecule is OCC[O][AlH2]. The molecule has 0 atom stereocenters. The van der Waals surface area contributed by atoms with E-state index in [-0.39, 0.29) is 6.61 Å². The maximum Gasteiger partial charge on any atom is 0.410 e. The van der Waals surface area contributed by atoms with Crippen molar-refractivity contribution in [2.75, 3.05) is 13.2 Å². The molecule has 0 aliphatic carbocycles. The maximum atomic E-state index is 7.96. The van der Waals surface area contributed by atoms with Gasteiger partial charge in [-0.1, -0.05) is 0 Å². The van der Waals surface area contributed by atoms with E-state index in [1.54, 1.807) is 0 Å². The van der Waals surface area contributed by atoms with Crippen LogP contribution in [0, 0.1) is 0 Å². The lowest BCUT2D eigenvalue weighted by molar-refractivity contribution is 0.212. The average Bonchev–Trinajstić information content (AvgIpc) is 1.41. The molecular weight excluding hydrogens is 83.0 g/mol. The van der Waals surface area contributed by atoms with Crippen LogP contribution in [0.4, 0.5) is 0 Å². The van der Waals surface area contributed by atoms with Gasteiger partial charge in [-0.15, -0.1) is 0 Å². The van der Waals surface area contributed by atoms with Crippen molar-refractivity contribution < 1.29 is 8.90 Å². The molecule has 0 aliphatic rings. The van der Waals surface area contributed by atoms with Crippen LogP contribution in [0.5, 0.6) is 0 Å². The summed E-state index contributed by atoms with van der Waals surface area (Å²) >= 11 is 0.739. The first-order valence-electron chi connectivity index (χ1n) is 1.51. The van der Waals surface area contributed by atoms with Crippen molar-refractivity contribution in [1.82, 2.24) is 0 Å². The summed E-state index contributed by atoms with van der Waals surface area (Å²) in [5, 5.41) is 7.96. The van der Waals surface area contributed by atoms with Gasteiger partial charge in [-0.3, -0.25) is 0 Å². The van der Waals surface area contributed by atoms with Gasteiger partial charge >= 0.3 is 16.6 Å². The molecule has 2 nitrogen and oxygen atoms in total. The third-order valence-electron chi connectivity index (χ3n) is 0.295. The van der Waals surface area contributed by atoms with E-state index < -0.39 is 0 Å². The van der Waals surface area contributed by atoms with Crippen molar-refractivity contribution in [3.05, 3.63) is 0 Å². The molecular formula is C2H7AlO2. The third kappa shape index (κ3) is 4.45. The highest BCUT2D eigenvalue weighted by Crippen LogP contribution is 1.55. The predicted octanol–water partition coefficient (Wildman–Crippen LogP) is -1.46. The largest absolute Gasteiger partial charge is 0.504 e. The zero-order chi connectivity index (χ0) is 4.12. The number of aliphatic hydroxyl groups is 1. The van der Waals surface area contributed by atoms with Gasteiger partial charge < -0.3 is 8.90 Å². The first-order chi connectivity index (χ1) is 2.41. The van der Waals surface area contributed by atoms with E-state index in [1.807, 2.05) is 0 Å². The molecule has 0 heterocycles. The average molecular weight is 90.1 g/mol. The highest BCUT2D eigenvalue weighted by molar-refractivity contribution is 5.97. The second kappa shape index (κ2) is 4.45. The topological polar surface area (TPSA) is 29.5 Å². The fourth-order valence-corrected chi connectivity index (χ4v) is 0.274. The van der Waals surface area contributed by atoms with Gasteiger partial charge in [-0.25, -0.2) is 0 Å². The van der Waals surface area contributed by atoms with Gasteiger partial charge in [0, 0.05) is 6.61 Å². The Morgan fingerprint density at radius 3 is 2.40 bits per heavy atom. The van der Waals surface area contributed by atoms with Crippen molar-refractivity contribution in [1.29, 1.82) is 0 Å². The summed E-state index contributed by atoms with van der Waals surface area (Å²) in [6, 6.07) is 0. The van der Waals surface area contributed by atoms with E-state index in [0.29, 0.717) is 6.61 Å². The number of hydrogen-bond donors (Lipinski definition) is 1. The smallest absolute Gasteiger partial charge is 0.410 e. The van der Waals surface area contributed by atoms with Crippen molar-refractivity contribution >= 4 is 16.6 Å². The van der Waals surface area contributed by atoms with Crippen LogP contribution in [0.15, 0.2) is 0 Å². The van der Waals surface area contributed by atoms with E-state index in [4.69, 9.17) is 5.11 Å². The molecule has 5 heavy (non-hydrogen) atoms. The molecule has 0 fully saturated rings. The Bertz CT molecular complexity index is 15.1. The monoisotopic (exact) mass is 90.0 g/mol. The van der Waals surface area contributed by atoms with Crippen molar-refractivity contribution in [3.8, 4) is 0 Å². The van der Waals surface area contributed by atoms with E-state index in [1.165, 1.54) is 0 Å². The van der Waals surface area contributed by atoms with Crippen molar-refractivity contribution in [2.45, 2.75) is 0 Å². The Balaban J connectivity index is 2.19. The van der Waals surface area contributed by atoms with E-state index in [2.05, 4.69) is 3.79 Å². The van der Waals surface area contributed by atoms with E-state index >= 15 is 0 Å². The Morgan fingerprint density at radius 2 is 2.40 bits per heavy atom. The molecule has 0 radical (unpaired) electrons. The number of hydrogen-bond acceptors (Lipinski definition) is 2. The molecule has 0 saturated carbocycles. The molecule has 0 saturated heterocycles. The molecule has 0 aliphatic heterocycles. The number of aliphatic hydroxyl groups excluding tert-OH is 1. The molecule has 0 aromatic rings. The van der Waals surface area contributed by atoms with Gasteiger partial charge in [0.25, 0.3) is 0 Å². The Morgan fingerprint density at radius 1 is 1.80 bits per heavy atom. The minimum Gasteiger partial charge on any atom is -0.504 e. The maximum absolute atomic E-state index is 7.96. The van der Waals surface area contributed by atoms with Gasteiger partial charge in [0.2, 0.25) is 0 Å². The zero-order valence-electron chi connectivity index (χ0n) is 3.27. The van der Waals surface area contributed by atoms with Crippen LogP contribution in [-0.2, 0) is 3.79 Å². The van der Waals surface area contributed by atoms with Gasteiger partial charge in [-0.2, -0.15) is 0 Å². The van der Waals surface area contributed by atoms with Gasteiger partial charge in [0.15, 0.2) is 0 Å². The van der Waals surface area contributed by atoms with Gasteiger partial charge in [0.05, 0.1) is 6.61 Å². The van der Waals surface area contributed by atoms with Crippen LogP contribution >= 0.6 is 0 Å². The fourth-order valence-electron chi connectivity index (χ4n) is 0.0913. The standard InChI is InChI=1S/C2H5O2.Al.2H/c3-1-2-4;;;/h3H,1-2H2;;;/q-1;+1;;. The van der Waals surface area contributed by atoms with Crippen molar-refractivity contribution in [3.63, 3.8) is 0 Å². The summed E-state index contributed by atoms with van der Waals surface area (Å²) < 4.78 is 4.58. The van der Waals surface area contributed by atoms with Crippen LogP contribution in [0.25, 0.3) is 0 Å². The molecule has 0 aromatic heterocycles. The molecule has 0 aromatic carbocycles. The van der Waals surface area contributed by atoms with Crippen LogP contribution in [-0.4, -0.2) is 34.9 Å². The summed E-state index contributed by atoms with van der Waals surface area (Å²) in [6.45, 7) is 0.662. The lowest BCUT2D eigenvalue weighted by Gasteiger charge is -1.86. The third-order valence-corrected chi connectivity index (χ3v) is 0.704. The summed E-state index contributed by atoms with van der Waals surface area (Å²) in [4.78, 5) is 0. The summed E-state index contributed by atoms with van der Waals surface area (Å²) in [7, 11) is 0. The minimum absolute atomic E-state index is 0.156. The molecule has 0 spiro atoms. The second-order valence-electron chi connectivity index (χ2n) is 0.716.